The van der Waals surface area contributed by atoms with Crippen molar-refractivity contribution in [1.29, 1.82) is 0 Å². The lowest BCUT2D eigenvalue weighted by atomic mass is 9.91. The minimum atomic E-state index is -0.280. The first kappa shape index (κ1) is 21.5. The van der Waals surface area contributed by atoms with Crippen LogP contribution in [0.1, 0.15) is 38.7 Å². The summed E-state index contributed by atoms with van der Waals surface area (Å²) in [5.41, 5.74) is 2.79. The average Bonchev–Trinajstić information content (AvgIpc) is 3.57. The Kier molecular flexibility index (Phi) is 7.06. The van der Waals surface area contributed by atoms with Gasteiger partial charge in [0.15, 0.2) is 11.5 Å². The molecule has 0 radical (unpaired) electrons. The van der Waals surface area contributed by atoms with Crippen molar-refractivity contribution in [2.75, 3.05) is 27.9 Å². The fraction of sp³-hybridized carbons (Fsp3) is 0.609. The first-order valence-electron chi connectivity index (χ1n) is 10.4. The van der Waals surface area contributed by atoms with E-state index < -0.39 is 0 Å². The molecular weight excluding hydrogens is 370 g/mol. The number of hydrogen-bond acceptors (Lipinski definition) is 6. The van der Waals surface area contributed by atoms with Gasteiger partial charge in [0, 0.05) is 18.7 Å². The predicted molar refractivity (Wildman–Crippen MR) is 111 cm³/mol. The molecule has 29 heavy (non-hydrogen) atoms. The molecule has 1 aliphatic heterocycles. The van der Waals surface area contributed by atoms with Crippen molar-refractivity contribution in [3.8, 4) is 11.5 Å². The summed E-state index contributed by atoms with van der Waals surface area (Å²) in [6.07, 6.45) is 3.67. The van der Waals surface area contributed by atoms with Crippen molar-refractivity contribution in [3.05, 3.63) is 35.0 Å². The van der Waals surface area contributed by atoms with Crippen LogP contribution in [-0.4, -0.2) is 46.1 Å². The number of nitrogens with one attached hydrogen (secondary N) is 1. The van der Waals surface area contributed by atoms with Crippen molar-refractivity contribution in [1.82, 2.24) is 5.32 Å². The van der Waals surface area contributed by atoms with E-state index in [1.165, 1.54) is 7.11 Å². The second-order valence-corrected chi connectivity index (χ2v) is 8.13. The highest BCUT2D eigenvalue weighted by Gasteiger charge is 2.43. The van der Waals surface area contributed by atoms with E-state index in [4.69, 9.17) is 18.9 Å². The van der Waals surface area contributed by atoms with Crippen molar-refractivity contribution in [2.45, 2.75) is 51.7 Å². The molecule has 3 rings (SSSR count). The van der Waals surface area contributed by atoms with Crippen molar-refractivity contribution in [3.63, 3.8) is 0 Å². The van der Waals surface area contributed by atoms with Gasteiger partial charge in [0.05, 0.1) is 39.1 Å². The van der Waals surface area contributed by atoms with Crippen LogP contribution in [0.3, 0.4) is 0 Å². The summed E-state index contributed by atoms with van der Waals surface area (Å²) >= 11 is 0. The standard InChI is InChI=1S/C23H33NO5/c1-14(2)19-13-17(21(23(25)28-5)22(29-19)16-7-8-16)24-11-10-15-6-9-18(26-3)20(12-15)27-4/h6,9,12,14,16,19,22,24H,7-8,10-11,13H2,1-5H3/t19-,22-/m0/s1. The van der Waals surface area contributed by atoms with Crippen LogP contribution in [0, 0.1) is 11.8 Å². The lowest BCUT2D eigenvalue weighted by Crippen LogP contribution is -2.41. The van der Waals surface area contributed by atoms with Gasteiger partial charge in [0.2, 0.25) is 0 Å². The van der Waals surface area contributed by atoms with Gasteiger partial charge in [-0.25, -0.2) is 4.79 Å². The quantitative estimate of drug-likeness (QED) is 0.637. The maximum absolute atomic E-state index is 12.6. The Bertz CT molecular complexity index is 754. The Morgan fingerprint density at radius 3 is 2.48 bits per heavy atom. The van der Waals surface area contributed by atoms with Gasteiger partial charge in [0.25, 0.3) is 0 Å². The summed E-state index contributed by atoms with van der Waals surface area (Å²) in [4.78, 5) is 12.6. The summed E-state index contributed by atoms with van der Waals surface area (Å²) < 4.78 is 22.1. The van der Waals surface area contributed by atoms with Crippen molar-refractivity contribution < 1.29 is 23.7 Å². The molecular formula is C23H33NO5. The Morgan fingerprint density at radius 2 is 1.90 bits per heavy atom. The van der Waals surface area contributed by atoms with E-state index in [-0.39, 0.29) is 18.2 Å². The summed E-state index contributed by atoms with van der Waals surface area (Å²) in [5, 5.41) is 3.53. The van der Waals surface area contributed by atoms with Crippen LogP contribution in [0.4, 0.5) is 0 Å². The molecule has 1 aliphatic carbocycles. The summed E-state index contributed by atoms with van der Waals surface area (Å²) in [7, 11) is 4.71. The van der Waals surface area contributed by atoms with Crippen LogP contribution in [0.2, 0.25) is 0 Å². The van der Waals surface area contributed by atoms with Gasteiger partial charge in [-0.05, 0) is 48.8 Å². The normalized spacial score (nSPS) is 21.9. The van der Waals surface area contributed by atoms with Gasteiger partial charge < -0.3 is 24.3 Å². The van der Waals surface area contributed by atoms with E-state index in [0.717, 1.165) is 42.0 Å². The van der Waals surface area contributed by atoms with Crippen LogP contribution in [-0.2, 0) is 20.7 Å². The number of rotatable bonds is 9. The van der Waals surface area contributed by atoms with Crippen LogP contribution in [0.15, 0.2) is 29.5 Å². The molecule has 1 aromatic carbocycles. The summed E-state index contributed by atoms with van der Waals surface area (Å²) in [6, 6.07) is 5.94. The molecule has 0 spiro atoms. The van der Waals surface area contributed by atoms with Gasteiger partial charge in [-0.15, -0.1) is 0 Å². The molecule has 1 aromatic rings. The fourth-order valence-electron chi connectivity index (χ4n) is 3.84. The second-order valence-electron chi connectivity index (χ2n) is 8.13. The maximum Gasteiger partial charge on any atom is 0.338 e. The SMILES string of the molecule is COC(=O)C1=C(NCCc2ccc(OC)c(OC)c2)C[C@@H](C(C)C)O[C@H]1C1CC1. The largest absolute Gasteiger partial charge is 0.493 e. The van der Waals surface area contributed by atoms with E-state index >= 15 is 0 Å². The van der Waals surface area contributed by atoms with E-state index in [0.29, 0.717) is 30.4 Å². The molecule has 0 amide bonds. The van der Waals surface area contributed by atoms with Gasteiger partial charge in [-0.2, -0.15) is 0 Å². The topological polar surface area (TPSA) is 66.0 Å². The number of methoxy groups -OCH3 is 3. The monoisotopic (exact) mass is 403 g/mol. The number of carbonyl (C=O) groups excluding carboxylic acids is 1. The number of carbonyl (C=O) groups is 1. The zero-order valence-electron chi connectivity index (χ0n) is 18.1. The molecule has 160 valence electrons. The third-order valence-electron chi connectivity index (χ3n) is 5.74. The zero-order chi connectivity index (χ0) is 21.0. The molecule has 6 nitrogen and oxygen atoms in total. The molecule has 1 saturated carbocycles. The fourth-order valence-corrected chi connectivity index (χ4v) is 3.84. The van der Waals surface area contributed by atoms with Crippen LogP contribution in [0.5, 0.6) is 11.5 Å². The van der Waals surface area contributed by atoms with Crippen LogP contribution >= 0.6 is 0 Å². The van der Waals surface area contributed by atoms with E-state index in [1.54, 1.807) is 14.2 Å². The molecule has 0 aromatic heterocycles. The Hall–Kier alpha value is -2.21. The summed E-state index contributed by atoms with van der Waals surface area (Å²) in [5.74, 6) is 1.97. The third-order valence-corrected chi connectivity index (χ3v) is 5.74. The number of esters is 1. The average molecular weight is 404 g/mol. The van der Waals surface area contributed by atoms with Gasteiger partial charge in [-0.1, -0.05) is 19.9 Å². The molecule has 1 fully saturated rings. The maximum atomic E-state index is 12.6. The van der Waals surface area contributed by atoms with Crippen LogP contribution < -0.4 is 14.8 Å². The van der Waals surface area contributed by atoms with Gasteiger partial charge in [0.1, 0.15) is 0 Å². The van der Waals surface area contributed by atoms with E-state index in [2.05, 4.69) is 19.2 Å². The second kappa shape index (κ2) is 9.53. The highest BCUT2D eigenvalue weighted by Crippen LogP contribution is 2.42. The van der Waals surface area contributed by atoms with Gasteiger partial charge in [-0.3, -0.25) is 0 Å². The number of benzene rings is 1. The lowest BCUT2D eigenvalue weighted by Gasteiger charge is -2.35. The highest BCUT2D eigenvalue weighted by atomic mass is 16.5. The van der Waals surface area contributed by atoms with Gasteiger partial charge >= 0.3 is 5.97 Å². The molecule has 6 heteroatoms. The molecule has 2 atom stereocenters. The lowest BCUT2D eigenvalue weighted by molar-refractivity contribution is -0.140. The predicted octanol–water partition coefficient (Wildman–Crippen LogP) is 3.49. The minimum Gasteiger partial charge on any atom is -0.493 e. The zero-order valence-corrected chi connectivity index (χ0v) is 18.1. The summed E-state index contributed by atoms with van der Waals surface area (Å²) in [6.45, 7) is 5.05. The van der Waals surface area contributed by atoms with E-state index in [9.17, 15) is 4.79 Å². The molecule has 0 bridgehead atoms. The van der Waals surface area contributed by atoms with Crippen molar-refractivity contribution in [2.24, 2.45) is 11.8 Å². The molecule has 2 aliphatic rings. The first-order chi connectivity index (χ1) is 14.0. The Labute approximate surface area is 173 Å². The number of hydrogen-bond donors (Lipinski definition) is 1. The number of ether oxygens (including phenoxy) is 4. The smallest absolute Gasteiger partial charge is 0.338 e. The molecule has 1 heterocycles. The van der Waals surface area contributed by atoms with Crippen LogP contribution in [0.25, 0.3) is 0 Å². The van der Waals surface area contributed by atoms with Crippen molar-refractivity contribution >= 4 is 5.97 Å². The minimum absolute atomic E-state index is 0.109. The molecule has 0 saturated heterocycles. The Balaban J connectivity index is 1.75. The Morgan fingerprint density at radius 1 is 1.17 bits per heavy atom. The molecule has 1 N–H and O–H groups in total. The first-order valence-corrected chi connectivity index (χ1v) is 10.4. The molecule has 0 unspecified atom stereocenters. The van der Waals surface area contributed by atoms with E-state index in [1.807, 2.05) is 18.2 Å². The highest BCUT2D eigenvalue weighted by molar-refractivity contribution is 5.90. The third kappa shape index (κ3) is 5.04.